The highest BCUT2D eigenvalue weighted by molar-refractivity contribution is 5.58. The molecule has 0 saturated carbocycles. The Morgan fingerprint density at radius 2 is 2.42 bits per heavy atom. The molecule has 0 saturated heterocycles. The molecule has 64 valence electrons. The molecule has 0 aliphatic carbocycles. The maximum atomic E-state index is 12.7. The van der Waals surface area contributed by atoms with Crippen LogP contribution in [0.2, 0.25) is 0 Å². The first-order valence-electron chi connectivity index (χ1n) is 3.94. The van der Waals surface area contributed by atoms with Crippen molar-refractivity contribution in [3.8, 4) is 5.75 Å². The summed E-state index contributed by atoms with van der Waals surface area (Å²) in [5.74, 6) is 0.494. The fourth-order valence-electron chi connectivity index (χ4n) is 1.26. The molecule has 1 atom stereocenters. The molecule has 1 aliphatic heterocycles. The monoisotopic (exact) mass is 167 g/mol. The van der Waals surface area contributed by atoms with Crippen molar-refractivity contribution in [3.63, 3.8) is 0 Å². The molecule has 0 spiro atoms. The van der Waals surface area contributed by atoms with Gasteiger partial charge in [0.05, 0.1) is 11.7 Å². The Morgan fingerprint density at radius 3 is 3.25 bits per heavy atom. The molecule has 0 amide bonds. The lowest BCUT2D eigenvalue weighted by Gasteiger charge is -2.24. The first-order valence-corrected chi connectivity index (χ1v) is 3.94. The highest BCUT2D eigenvalue weighted by Crippen LogP contribution is 2.28. The van der Waals surface area contributed by atoms with Crippen LogP contribution < -0.4 is 10.1 Å². The summed E-state index contributed by atoms with van der Waals surface area (Å²) in [5, 5.41) is 3.14. The summed E-state index contributed by atoms with van der Waals surface area (Å²) in [6, 6.07) is 4.74. The number of hydrogen-bond acceptors (Lipinski definition) is 2. The molecule has 1 aliphatic rings. The number of halogens is 1. The van der Waals surface area contributed by atoms with Gasteiger partial charge in [-0.05, 0) is 19.1 Å². The van der Waals surface area contributed by atoms with Gasteiger partial charge in [0.25, 0.3) is 0 Å². The van der Waals surface area contributed by atoms with Gasteiger partial charge in [-0.1, -0.05) is 0 Å². The number of anilines is 1. The summed E-state index contributed by atoms with van der Waals surface area (Å²) in [5.41, 5.74) is 0.744. The maximum Gasteiger partial charge on any atom is 0.142 e. The predicted octanol–water partition coefficient (Wildman–Crippen LogP) is 2.02. The summed E-state index contributed by atoms with van der Waals surface area (Å²) < 4.78 is 18.1. The van der Waals surface area contributed by atoms with E-state index in [9.17, 15) is 4.39 Å². The zero-order valence-electron chi connectivity index (χ0n) is 6.80. The summed E-state index contributed by atoms with van der Waals surface area (Å²) in [6.07, 6.45) is 0. The first-order chi connectivity index (χ1) is 5.75. The minimum Gasteiger partial charge on any atom is -0.489 e. The largest absolute Gasteiger partial charge is 0.489 e. The van der Waals surface area contributed by atoms with Crippen LogP contribution in [0.1, 0.15) is 6.92 Å². The molecule has 1 N–H and O–H groups in total. The van der Waals surface area contributed by atoms with Crippen LogP contribution in [0.3, 0.4) is 0 Å². The molecule has 0 fully saturated rings. The van der Waals surface area contributed by atoms with Crippen LogP contribution in [0.15, 0.2) is 18.2 Å². The SMILES string of the molecule is CC1COc2ccc(F)cc2N1. The van der Waals surface area contributed by atoms with E-state index < -0.39 is 0 Å². The van der Waals surface area contributed by atoms with E-state index >= 15 is 0 Å². The van der Waals surface area contributed by atoms with Gasteiger partial charge in [-0.3, -0.25) is 0 Å². The molecule has 2 nitrogen and oxygen atoms in total. The second-order valence-corrected chi connectivity index (χ2v) is 3.00. The molecule has 12 heavy (non-hydrogen) atoms. The summed E-state index contributed by atoms with van der Waals surface area (Å²) in [4.78, 5) is 0. The minimum absolute atomic E-state index is 0.237. The topological polar surface area (TPSA) is 21.3 Å². The van der Waals surface area contributed by atoms with Crippen LogP contribution in [0.4, 0.5) is 10.1 Å². The average molecular weight is 167 g/mol. The predicted molar refractivity (Wildman–Crippen MR) is 45.0 cm³/mol. The summed E-state index contributed by atoms with van der Waals surface area (Å²) in [6.45, 7) is 2.63. The van der Waals surface area contributed by atoms with Gasteiger partial charge in [0, 0.05) is 6.07 Å². The smallest absolute Gasteiger partial charge is 0.142 e. The first kappa shape index (κ1) is 7.40. The lowest BCUT2D eigenvalue weighted by molar-refractivity contribution is 0.291. The van der Waals surface area contributed by atoms with E-state index in [2.05, 4.69) is 5.32 Å². The lowest BCUT2D eigenvalue weighted by Crippen LogP contribution is -2.28. The van der Waals surface area contributed by atoms with Crippen molar-refractivity contribution in [2.75, 3.05) is 11.9 Å². The van der Waals surface area contributed by atoms with E-state index in [4.69, 9.17) is 4.74 Å². The van der Waals surface area contributed by atoms with Gasteiger partial charge in [0.2, 0.25) is 0 Å². The van der Waals surface area contributed by atoms with Crippen molar-refractivity contribution < 1.29 is 9.13 Å². The van der Waals surface area contributed by atoms with Crippen molar-refractivity contribution in [3.05, 3.63) is 24.0 Å². The van der Waals surface area contributed by atoms with Crippen LogP contribution in [-0.2, 0) is 0 Å². The molecular formula is C9H10FNO. The fourth-order valence-corrected chi connectivity index (χ4v) is 1.26. The highest BCUT2D eigenvalue weighted by Gasteiger charge is 2.14. The molecule has 2 rings (SSSR count). The quantitative estimate of drug-likeness (QED) is 0.638. The van der Waals surface area contributed by atoms with Crippen LogP contribution in [0.25, 0.3) is 0 Å². The molecule has 1 aromatic rings. The third kappa shape index (κ3) is 1.22. The van der Waals surface area contributed by atoms with Gasteiger partial charge in [0.1, 0.15) is 18.2 Å². The Morgan fingerprint density at radius 1 is 1.58 bits per heavy atom. The molecule has 3 heteroatoms. The molecule has 1 unspecified atom stereocenters. The summed E-state index contributed by atoms with van der Waals surface area (Å²) >= 11 is 0. The van der Waals surface area contributed by atoms with Gasteiger partial charge in [-0.15, -0.1) is 0 Å². The second-order valence-electron chi connectivity index (χ2n) is 3.00. The highest BCUT2D eigenvalue weighted by atomic mass is 19.1. The Hall–Kier alpha value is -1.25. The minimum atomic E-state index is -0.237. The van der Waals surface area contributed by atoms with Crippen LogP contribution in [0.5, 0.6) is 5.75 Å². The lowest BCUT2D eigenvalue weighted by atomic mass is 10.2. The van der Waals surface area contributed by atoms with Crippen molar-refractivity contribution in [2.45, 2.75) is 13.0 Å². The normalized spacial score (nSPS) is 20.7. The van der Waals surface area contributed by atoms with Gasteiger partial charge in [0.15, 0.2) is 0 Å². The van der Waals surface area contributed by atoms with Crippen molar-refractivity contribution in [1.82, 2.24) is 0 Å². The van der Waals surface area contributed by atoms with Crippen molar-refractivity contribution in [1.29, 1.82) is 0 Å². The third-order valence-corrected chi connectivity index (χ3v) is 1.83. The van der Waals surface area contributed by atoms with E-state index in [1.807, 2.05) is 6.92 Å². The number of hydrogen-bond donors (Lipinski definition) is 1. The molecule has 0 radical (unpaired) electrons. The van der Waals surface area contributed by atoms with Crippen LogP contribution in [-0.4, -0.2) is 12.6 Å². The number of rotatable bonds is 0. The number of nitrogens with one attached hydrogen (secondary N) is 1. The summed E-state index contributed by atoms with van der Waals surface area (Å²) in [7, 11) is 0. The average Bonchev–Trinajstić information content (AvgIpc) is 2.03. The van der Waals surface area contributed by atoms with E-state index in [1.54, 1.807) is 6.07 Å². The maximum absolute atomic E-state index is 12.7. The van der Waals surface area contributed by atoms with Gasteiger partial charge >= 0.3 is 0 Å². The van der Waals surface area contributed by atoms with E-state index in [1.165, 1.54) is 12.1 Å². The Balaban J connectivity index is 2.37. The fraction of sp³-hybridized carbons (Fsp3) is 0.333. The number of ether oxygens (including phenoxy) is 1. The van der Waals surface area contributed by atoms with Crippen molar-refractivity contribution >= 4 is 5.69 Å². The molecule has 1 aromatic carbocycles. The Kier molecular flexibility index (Phi) is 1.64. The van der Waals surface area contributed by atoms with Gasteiger partial charge in [-0.2, -0.15) is 0 Å². The zero-order chi connectivity index (χ0) is 8.55. The molecule has 0 aromatic heterocycles. The standard InChI is InChI=1S/C9H10FNO/c1-6-5-12-9-3-2-7(10)4-8(9)11-6/h2-4,6,11H,5H2,1H3. The Bertz CT molecular complexity index is 301. The number of fused-ring (bicyclic) bond motifs is 1. The van der Waals surface area contributed by atoms with Gasteiger partial charge < -0.3 is 10.1 Å². The molecule has 1 heterocycles. The van der Waals surface area contributed by atoms with Gasteiger partial charge in [-0.25, -0.2) is 4.39 Å². The van der Waals surface area contributed by atoms with E-state index in [0.29, 0.717) is 6.61 Å². The van der Waals surface area contributed by atoms with Crippen molar-refractivity contribution in [2.24, 2.45) is 0 Å². The van der Waals surface area contributed by atoms with Crippen LogP contribution in [0, 0.1) is 5.82 Å². The van der Waals surface area contributed by atoms with Crippen LogP contribution >= 0.6 is 0 Å². The molecular weight excluding hydrogens is 157 g/mol. The third-order valence-electron chi connectivity index (χ3n) is 1.83. The number of benzene rings is 1. The molecule has 0 bridgehead atoms. The zero-order valence-corrected chi connectivity index (χ0v) is 6.80. The van der Waals surface area contributed by atoms with E-state index in [-0.39, 0.29) is 11.9 Å². The van der Waals surface area contributed by atoms with E-state index in [0.717, 1.165) is 11.4 Å². The Labute approximate surface area is 70.3 Å². The second kappa shape index (κ2) is 2.66.